The Balaban J connectivity index is 1.62. The molecule has 0 saturated heterocycles. The molecule has 1 atom stereocenters. The van der Waals surface area contributed by atoms with Crippen molar-refractivity contribution in [2.45, 2.75) is 12.7 Å². The van der Waals surface area contributed by atoms with Crippen molar-refractivity contribution in [2.75, 3.05) is 13.2 Å². The van der Waals surface area contributed by atoms with Gasteiger partial charge in [-0.15, -0.1) is 11.3 Å². The van der Waals surface area contributed by atoms with Crippen molar-refractivity contribution in [1.82, 2.24) is 4.90 Å². The van der Waals surface area contributed by atoms with Crippen LogP contribution in [0.25, 0.3) is 0 Å². The zero-order chi connectivity index (χ0) is 18.0. The number of aliphatic hydroxyl groups is 1. The lowest BCUT2D eigenvalue weighted by Crippen LogP contribution is -2.38. The lowest BCUT2D eigenvalue weighted by molar-refractivity contribution is -0.384. The SMILES string of the molecule is O=C1c2ccc([N+](=O)[O-])cc2C(=O)N1C[C@H](O)COCc1cccs1. The number of nitrogens with zero attached hydrogens (tertiary/aromatic N) is 2. The molecule has 0 radical (unpaired) electrons. The first kappa shape index (κ1) is 17.2. The zero-order valence-electron chi connectivity index (χ0n) is 13.0. The molecule has 0 fully saturated rings. The van der Waals surface area contributed by atoms with E-state index in [-0.39, 0.29) is 30.0 Å². The van der Waals surface area contributed by atoms with Gasteiger partial charge in [-0.05, 0) is 17.5 Å². The lowest BCUT2D eigenvalue weighted by Gasteiger charge is -2.18. The van der Waals surface area contributed by atoms with Crippen LogP contribution < -0.4 is 0 Å². The van der Waals surface area contributed by atoms with Gasteiger partial charge in [0.15, 0.2) is 0 Å². The van der Waals surface area contributed by atoms with Crippen LogP contribution in [-0.4, -0.2) is 46.0 Å². The second-order valence-electron chi connectivity index (χ2n) is 5.46. The van der Waals surface area contributed by atoms with E-state index in [1.807, 2.05) is 17.5 Å². The van der Waals surface area contributed by atoms with E-state index in [1.54, 1.807) is 0 Å². The predicted molar refractivity (Wildman–Crippen MR) is 88.4 cm³/mol. The number of carbonyl (C=O) groups excluding carboxylic acids is 2. The number of amides is 2. The minimum atomic E-state index is -1.04. The van der Waals surface area contributed by atoms with Crippen molar-refractivity contribution in [1.29, 1.82) is 0 Å². The third kappa shape index (κ3) is 3.58. The Bertz CT molecular complexity index is 820. The maximum Gasteiger partial charge on any atom is 0.270 e. The lowest BCUT2D eigenvalue weighted by atomic mass is 10.1. The van der Waals surface area contributed by atoms with Gasteiger partial charge in [0.1, 0.15) is 0 Å². The average molecular weight is 362 g/mol. The molecule has 2 heterocycles. The van der Waals surface area contributed by atoms with E-state index in [0.29, 0.717) is 6.61 Å². The molecule has 0 aliphatic carbocycles. The van der Waals surface area contributed by atoms with Crippen LogP contribution in [0.2, 0.25) is 0 Å². The summed E-state index contributed by atoms with van der Waals surface area (Å²) in [6.45, 7) is 0.0685. The number of β-amino-alcohol motifs (C(OH)–C–C–N with tert-alkyl or cyclic N) is 1. The Kier molecular flexibility index (Phi) is 4.88. The van der Waals surface area contributed by atoms with Gasteiger partial charge in [0.05, 0.1) is 41.9 Å². The molecule has 3 rings (SSSR count). The summed E-state index contributed by atoms with van der Waals surface area (Å²) in [6, 6.07) is 7.29. The molecule has 8 nitrogen and oxygen atoms in total. The highest BCUT2D eigenvalue weighted by atomic mass is 32.1. The van der Waals surface area contributed by atoms with E-state index in [2.05, 4.69) is 0 Å². The first-order valence-corrected chi connectivity index (χ1v) is 8.28. The topological polar surface area (TPSA) is 110 Å². The minimum absolute atomic E-state index is 0.0223. The molecule has 1 aliphatic rings. The Labute approximate surface area is 146 Å². The summed E-state index contributed by atoms with van der Waals surface area (Å²) in [6.07, 6.45) is -1.04. The summed E-state index contributed by atoms with van der Waals surface area (Å²) in [5.41, 5.74) is -0.185. The quantitative estimate of drug-likeness (QED) is 0.457. The molecule has 0 spiro atoms. The first-order valence-electron chi connectivity index (χ1n) is 7.40. The second kappa shape index (κ2) is 7.09. The van der Waals surface area contributed by atoms with Gasteiger partial charge in [-0.1, -0.05) is 6.07 Å². The van der Waals surface area contributed by atoms with Crippen molar-refractivity contribution in [3.63, 3.8) is 0 Å². The smallest absolute Gasteiger partial charge is 0.270 e. The summed E-state index contributed by atoms with van der Waals surface area (Å²) in [5.74, 6) is -1.23. The first-order chi connectivity index (χ1) is 12.0. The van der Waals surface area contributed by atoms with Gasteiger partial charge >= 0.3 is 0 Å². The second-order valence-corrected chi connectivity index (χ2v) is 6.49. The number of nitro groups is 1. The maximum atomic E-state index is 12.3. The molecule has 1 aromatic heterocycles. The third-order valence-corrected chi connectivity index (χ3v) is 4.54. The number of ether oxygens (including phenoxy) is 1. The van der Waals surface area contributed by atoms with Crippen molar-refractivity contribution in [2.24, 2.45) is 0 Å². The molecular formula is C16H14N2O6S. The highest BCUT2D eigenvalue weighted by Crippen LogP contribution is 2.26. The Morgan fingerprint density at radius 2 is 2.00 bits per heavy atom. The molecule has 9 heteroatoms. The van der Waals surface area contributed by atoms with Crippen molar-refractivity contribution < 1.29 is 24.4 Å². The number of carbonyl (C=O) groups is 2. The fraction of sp³-hybridized carbons (Fsp3) is 0.250. The number of aliphatic hydroxyl groups excluding tert-OH is 1. The zero-order valence-corrected chi connectivity index (χ0v) is 13.8. The van der Waals surface area contributed by atoms with Crippen LogP contribution in [0.3, 0.4) is 0 Å². The molecule has 1 aliphatic heterocycles. The number of non-ortho nitro benzene ring substituents is 1. The summed E-state index contributed by atoms with van der Waals surface area (Å²) >= 11 is 1.52. The normalized spacial score (nSPS) is 14.7. The van der Waals surface area contributed by atoms with E-state index in [4.69, 9.17) is 4.74 Å². The van der Waals surface area contributed by atoms with E-state index in [9.17, 15) is 24.8 Å². The average Bonchev–Trinajstić information content (AvgIpc) is 3.18. The standard InChI is InChI=1S/C16H14N2O6S/c19-11(8-24-9-12-2-1-5-25-12)7-17-15(20)13-4-3-10(18(22)23)6-14(13)16(17)21/h1-6,11,19H,7-9H2/t11-/m0/s1. The van der Waals surface area contributed by atoms with E-state index < -0.39 is 22.8 Å². The Morgan fingerprint density at radius 3 is 2.68 bits per heavy atom. The number of rotatable bonds is 7. The van der Waals surface area contributed by atoms with Gasteiger partial charge in [-0.3, -0.25) is 24.6 Å². The summed E-state index contributed by atoms with van der Waals surface area (Å²) < 4.78 is 5.37. The van der Waals surface area contributed by atoms with E-state index in [1.165, 1.54) is 23.5 Å². The van der Waals surface area contributed by atoms with Gasteiger partial charge in [-0.25, -0.2) is 0 Å². The number of nitro benzene ring substituents is 1. The molecule has 2 aromatic rings. The molecule has 1 aromatic carbocycles. The molecular weight excluding hydrogens is 348 g/mol. The Hall–Kier alpha value is -2.62. The van der Waals surface area contributed by atoms with Crippen LogP contribution in [0, 0.1) is 10.1 Å². The Morgan fingerprint density at radius 1 is 1.24 bits per heavy atom. The number of imide groups is 1. The van der Waals surface area contributed by atoms with Gasteiger partial charge in [0, 0.05) is 17.0 Å². The van der Waals surface area contributed by atoms with Gasteiger partial charge in [0.2, 0.25) is 0 Å². The van der Waals surface area contributed by atoms with E-state index in [0.717, 1.165) is 15.8 Å². The van der Waals surface area contributed by atoms with Crippen LogP contribution in [0.5, 0.6) is 0 Å². The van der Waals surface area contributed by atoms with Gasteiger partial charge < -0.3 is 9.84 Å². The number of hydrogen-bond acceptors (Lipinski definition) is 7. The fourth-order valence-corrected chi connectivity index (χ4v) is 3.15. The van der Waals surface area contributed by atoms with Crippen LogP contribution in [0.4, 0.5) is 5.69 Å². The van der Waals surface area contributed by atoms with Gasteiger partial charge in [-0.2, -0.15) is 0 Å². The molecule has 2 amide bonds. The predicted octanol–water partition coefficient (Wildman–Crippen LogP) is 1.83. The van der Waals surface area contributed by atoms with Crippen LogP contribution in [0.1, 0.15) is 25.6 Å². The molecule has 0 saturated carbocycles. The summed E-state index contributed by atoms with van der Waals surface area (Å²) in [5, 5.41) is 22.7. The fourth-order valence-electron chi connectivity index (χ4n) is 2.51. The largest absolute Gasteiger partial charge is 0.389 e. The number of thiophene rings is 1. The van der Waals surface area contributed by atoms with Crippen LogP contribution in [-0.2, 0) is 11.3 Å². The van der Waals surface area contributed by atoms with E-state index >= 15 is 0 Å². The monoisotopic (exact) mass is 362 g/mol. The highest BCUT2D eigenvalue weighted by molar-refractivity contribution is 7.09. The number of fused-ring (bicyclic) bond motifs is 1. The molecule has 25 heavy (non-hydrogen) atoms. The van der Waals surface area contributed by atoms with Crippen LogP contribution >= 0.6 is 11.3 Å². The van der Waals surface area contributed by atoms with Gasteiger partial charge in [0.25, 0.3) is 17.5 Å². The summed E-state index contributed by atoms with van der Waals surface area (Å²) in [7, 11) is 0. The molecule has 1 N–H and O–H groups in total. The molecule has 130 valence electrons. The summed E-state index contributed by atoms with van der Waals surface area (Å²) in [4.78, 5) is 36.6. The minimum Gasteiger partial charge on any atom is -0.389 e. The molecule has 0 bridgehead atoms. The maximum absolute atomic E-state index is 12.3. The van der Waals surface area contributed by atoms with Crippen LogP contribution in [0.15, 0.2) is 35.7 Å². The van der Waals surface area contributed by atoms with Crippen molar-refractivity contribution >= 4 is 28.8 Å². The van der Waals surface area contributed by atoms with Crippen molar-refractivity contribution in [3.8, 4) is 0 Å². The molecule has 0 unspecified atom stereocenters. The third-order valence-electron chi connectivity index (χ3n) is 3.69. The number of hydrogen-bond donors (Lipinski definition) is 1. The number of benzene rings is 1. The van der Waals surface area contributed by atoms with Crippen molar-refractivity contribution in [3.05, 3.63) is 61.8 Å². The highest BCUT2D eigenvalue weighted by Gasteiger charge is 2.37.